The SMILES string of the molecule is O=C(Nc1ccc(N2CCN(c3ccccc3F)CC2)c(C(=O)O)c1)c1ccccc1Cl. The number of benzene rings is 3. The second kappa shape index (κ2) is 9.28. The van der Waals surface area contributed by atoms with E-state index in [0.717, 1.165) is 0 Å². The van der Waals surface area contributed by atoms with Crippen molar-refractivity contribution < 1.29 is 19.1 Å². The highest BCUT2D eigenvalue weighted by Crippen LogP contribution is 2.28. The lowest BCUT2D eigenvalue weighted by atomic mass is 10.1. The minimum atomic E-state index is -1.09. The molecule has 0 atom stereocenters. The second-order valence-electron chi connectivity index (χ2n) is 7.40. The van der Waals surface area contributed by atoms with Crippen molar-refractivity contribution in [3.05, 3.63) is 88.7 Å². The summed E-state index contributed by atoms with van der Waals surface area (Å²) in [6, 6.07) is 18.0. The molecule has 0 unspecified atom stereocenters. The molecule has 1 saturated heterocycles. The summed E-state index contributed by atoms with van der Waals surface area (Å²) in [4.78, 5) is 28.4. The summed E-state index contributed by atoms with van der Waals surface area (Å²) >= 11 is 6.07. The van der Waals surface area contributed by atoms with Crippen molar-refractivity contribution in [3.8, 4) is 0 Å². The van der Waals surface area contributed by atoms with Gasteiger partial charge in [-0.05, 0) is 42.5 Å². The first-order valence-electron chi connectivity index (χ1n) is 10.1. The Bertz CT molecular complexity index is 1160. The Morgan fingerprint density at radius 2 is 1.47 bits per heavy atom. The number of hydrogen-bond acceptors (Lipinski definition) is 4. The molecule has 8 heteroatoms. The number of carbonyl (C=O) groups excluding carboxylic acids is 1. The third kappa shape index (κ3) is 4.53. The molecule has 0 radical (unpaired) electrons. The van der Waals surface area contributed by atoms with Crippen LogP contribution >= 0.6 is 11.6 Å². The molecule has 0 aliphatic carbocycles. The van der Waals surface area contributed by atoms with E-state index < -0.39 is 11.9 Å². The molecule has 1 amide bonds. The highest BCUT2D eigenvalue weighted by atomic mass is 35.5. The summed E-state index contributed by atoms with van der Waals surface area (Å²) in [6.45, 7) is 2.20. The average Bonchev–Trinajstić information content (AvgIpc) is 2.80. The molecular weight excluding hydrogens is 433 g/mol. The fourth-order valence-electron chi connectivity index (χ4n) is 3.80. The van der Waals surface area contributed by atoms with Crippen molar-refractivity contribution >= 4 is 40.5 Å². The molecular formula is C24H21ClFN3O3. The molecule has 0 bridgehead atoms. The third-order valence-electron chi connectivity index (χ3n) is 5.42. The van der Waals surface area contributed by atoms with Crippen LogP contribution in [0.2, 0.25) is 5.02 Å². The first kappa shape index (κ1) is 21.6. The van der Waals surface area contributed by atoms with Gasteiger partial charge in [-0.15, -0.1) is 0 Å². The van der Waals surface area contributed by atoms with Crippen molar-refractivity contribution in [1.82, 2.24) is 0 Å². The quantitative estimate of drug-likeness (QED) is 0.583. The van der Waals surface area contributed by atoms with E-state index in [1.165, 1.54) is 12.1 Å². The zero-order valence-electron chi connectivity index (χ0n) is 17.1. The molecule has 3 aromatic carbocycles. The Labute approximate surface area is 189 Å². The van der Waals surface area contributed by atoms with E-state index in [-0.39, 0.29) is 11.4 Å². The van der Waals surface area contributed by atoms with Crippen molar-refractivity contribution in [2.24, 2.45) is 0 Å². The molecule has 164 valence electrons. The number of halogens is 2. The van der Waals surface area contributed by atoms with Gasteiger partial charge in [-0.3, -0.25) is 4.79 Å². The van der Waals surface area contributed by atoms with Gasteiger partial charge < -0.3 is 20.2 Å². The van der Waals surface area contributed by atoms with Gasteiger partial charge in [0, 0.05) is 31.9 Å². The molecule has 4 rings (SSSR count). The number of carboxylic acids is 1. The van der Waals surface area contributed by atoms with Crippen LogP contribution in [0, 0.1) is 5.82 Å². The van der Waals surface area contributed by atoms with Gasteiger partial charge >= 0.3 is 5.97 Å². The van der Waals surface area contributed by atoms with E-state index in [0.29, 0.717) is 53.8 Å². The number of carboxylic acid groups (broad SMARTS) is 1. The number of aromatic carboxylic acids is 1. The van der Waals surface area contributed by atoms with Crippen LogP contribution in [0.1, 0.15) is 20.7 Å². The van der Waals surface area contributed by atoms with Crippen LogP contribution in [-0.4, -0.2) is 43.2 Å². The van der Waals surface area contributed by atoms with Crippen LogP contribution in [0.5, 0.6) is 0 Å². The summed E-state index contributed by atoms with van der Waals surface area (Å²) in [5, 5.41) is 12.8. The van der Waals surface area contributed by atoms with Gasteiger partial charge in [-0.2, -0.15) is 0 Å². The fraction of sp³-hybridized carbons (Fsp3) is 0.167. The van der Waals surface area contributed by atoms with Crippen LogP contribution in [0.15, 0.2) is 66.7 Å². The van der Waals surface area contributed by atoms with Gasteiger partial charge in [0.05, 0.1) is 27.5 Å². The van der Waals surface area contributed by atoms with Crippen molar-refractivity contribution in [2.45, 2.75) is 0 Å². The van der Waals surface area contributed by atoms with Gasteiger partial charge in [0.1, 0.15) is 5.82 Å². The maximum absolute atomic E-state index is 14.1. The molecule has 2 N–H and O–H groups in total. The minimum absolute atomic E-state index is 0.0845. The molecule has 0 aromatic heterocycles. The average molecular weight is 454 g/mol. The number of para-hydroxylation sites is 1. The monoisotopic (exact) mass is 453 g/mol. The lowest BCUT2D eigenvalue weighted by Crippen LogP contribution is -2.47. The molecule has 3 aromatic rings. The Balaban J connectivity index is 1.50. The van der Waals surface area contributed by atoms with Gasteiger partial charge in [0.15, 0.2) is 0 Å². The van der Waals surface area contributed by atoms with E-state index in [1.807, 2.05) is 9.80 Å². The van der Waals surface area contributed by atoms with Crippen LogP contribution in [0.25, 0.3) is 0 Å². The summed E-state index contributed by atoms with van der Waals surface area (Å²) in [6.07, 6.45) is 0. The van der Waals surface area contributed by atoms with E-state index >= 15 is 0 Å². The number of anilines is 3. The smallest absolute Gasteiger partial charge is 0.337 e. The Morgan fingerprint density at radius 3 is 2.12 bits per heavy atom. The van der Waals surface area contributed by atoms with Gasteiger partial charge in [0.2, 0.25) is 0 Å². The van der Waals surface area contributed by atoms with Gasteiger partial charge in [0.25, 0.3) is 5.91 Å². The highest BCUT2D eigenvalue weighted by Gasteiger charge is 2.23. The largest absolute Gasteiger partial charge is 0.478 e. The van der Waals surface area contributed by atoms with Gasteiger partial charge in [-0.25, -0.2) is 9.18 Å². The summed E-state index contributed by atoms with van der Waals surface area (Å²) in [5.74, 6) is -1.78. The Kier molecular flexibility index (Phi) is 6.28. The number of hydrogen-bond donors (Lipinski definition) is 2. The Hall–Kier alpha value is -3.58. The number of nitrogens with zero attached hydrogens (tertiary/aromatic N) is 2. The number of amides is 1. The first-order chi connectivity index (χ1) is 15.4. The minimum Gasteiger partial charge on any atom is -0.478 e. The van der Waals surface area contributed by atoms with Gasteiger partial charge in [-0.1, -0.05) is 35.9 Å². The molecule has 1 heterocycles. The molecule has 1 aliphatic rings. The summed E-state index contributed by atoms with van der Waals surface area (Å²) in [7, 11) is 0. The standard InChI is InChI=1S/C24H21ClFN3O3/c25-19-6-2-1-5-17(19)23(30)27-16-9-10-21(18(15-16)24(31)32)28-11-13-29(14-12-28)22-8-4-3-7-20(22)26/h1-10,15H,11-14H2,(H,27,30)(H,31,32). The number of nitrogens with one attached hydrogen (secondary N) is 1. The maximum atomic E-state index is 14.1. The molecule has 0 saturated carbocycles. The molecule has 0 spiro atoms. The summed E-state index contributed by atoms with van der Waals surface area (Å²) in [5.41, 5.74) is 1.85. The molecule has 6 nitrogen and oxygen atoms in total. The van der Waals surface area contributed by atoms with Crippen molar-refractivity contribution in [2.75, 3.05) is 41.3 Å². The fourth-order valence-corrected chi connectivity index (χ4v) is 4.02. The highest BCUT2D eigenvalue weighted by molar-refractivity contribution is 6.34. The Morgan fingerprint density at radius 1 is 0.844 bits per heavy atom. The topological polar surface area (TPSA) is 72.9 Å². The van der Waals surface area contributed by atoms with E-state index in [1.54, 1.807) is 54.6 Å². The lowest BCUT2D eigenvalue weighted by molar-refractivity contribution is 0.0697. The molecule has 1 fully saturated rings. The zero-order chi connectivity index (χ0) is 22.7. The second-order valence-corrected chi connectivity index (χ2v) is 7.80. The normalized spacial score (nSPS) is 13.7. The summed E-state index contributed by atoms with van der Waals surface area (Å²) < 4.78 is 14.1. The van der Waals surface area contributed by atoms with Crippen molar-refractivity contribution in [3.63, 3.8) is 0 Å². The van der Waals surface area contributed by atoms with Crippen LogP contribution in [-0.2, 0) is 0 Å². The number of piperazine rings is 1. The van der Waals surface area contributed by atoms with E-state index in [9.17, 15) is 19.1 Å². The zero-order valence-corrected chi connectivity index (χ0v) is 17.8. The third-order valence-corrected chi connectivity index (χ3v) is 5.75. The van der Waals surface area contributed by atoms with E-state index in [2.05, 4.69) is 5.32 Å². The predicted molar refractivity (Wildman–Crippen MR) is 124 cm³/mol. The number of rotatable bonds is 5. The lowest BCUT2D eigenvalue weighted by Gasteiger charge is -2.38. The van der Waals surface area contributed by atoms with Crippen molar-refractivity contribution in [1.29, 1.82) is 0 Å². The molecule has 32 heavy (non-hydrogen) atoms. The van der Waals surface area contributed by atoms with Crippen LogP contribution < -0.4 is 15.1 Å². The van der Waals surface area contributed by atoms with Crippen LogP contribution in [0.3, 0.4) is 0 Å². The predicted octanol–water partition coefficient (Wildman–Crippen LogP) is 4.76. The maximum Gasteiger partial charge on any atom is 0.337 e. The first-order valence-corrected chi connectivity index (χ1v) is 10.5. The molecule has 1 aliphatic heterocycles. The number of carbonyl (C=O) groups is 2. The van der Waals surface area contributed by atoms with Crippen LogP contribution in [0.4, 0.5) is 21.5 Å². The van der Waals surface area contributed by atoms with E-state index in [4.69, 9.17) is 11.6 Å².